The highest BCUT2D eigenvalue weighted by Crippen LogP contribution is 2.26. The van der Waals surface area contributed by atoms with E-state index in [0.29, 0.717) is 13.0 Å². The highest BCUT2D eigenvalue weighted by Gasteiger charge is 2.40. The SMILES string of the molecule is CC(=O)N[C@@H]1C[C@H](N)CC[C@@H]1N1CC[C@H](N)C1=O. The van der Waals surface area contributed by atoms with Crippen molar-refractivity contribution in [3.8, 4) is 0 Å². The molecule has 2 fully saturated rings. The molecule has 0 aromatic rings. The molecule has 6 nitrogen and oxygen atoms in total. The van der Waals surface area contributed by atoms with Gasteiger partial charge >= 0.3 is 0 Å². The molecule has 2 aliphatic rings. The van der Waals surface area contributed by atoms with Gasteiger partial charge in [0.2, 0.25) is 11.8 Å². The van der Waals surface area contributed by atoms with Crippen molar-refractivity contribution in [2.45, 2.75) is 56.8 Å². The Morgan fingerprint density at radius 1 is 1.33 bits per heavy atom. The highest BCUT2D eigenvalue weighted by atomic mass is 16.2. The molecule has 0 bridgehead atoms. The Bertz CT molecular complexity index is 347. The molecule has 6 heteroatoms. The predicted molar refractivity (Wildman–Crippen MR) is 67.5 cm³/mol. The van der Waals surface area contributed by atoms with Crippen LogP contribution in [0.25, 0.3) is 0 Å². The van der Waals surface area contributed by atoms with Crippen LogP contribution in [0.5, 0.6) is 0 Å². The van der Waals surface area contributed by atoms with Crippen molar-refractivity contribution in [1.82, 2.24) is 10.2 Å². The fraction of sp³-hybridized carbons (Fsp3) is 0.833. The van der Waals surface area contributed by atoms with E-state index in [4.69, 9.17) is 11.5 Å². The number of nitrogens with two attached hydrogens (primary N) is 2. The smallest absolute Gasteiger partial charge is 0.239 e. The van der Waals surface area contributed by atoms with E-state index in [2.05, 4.69) is 5.32 Å². The minimum Gasteiger partial charge on any atom is -0.351 e. The number of nitrogens with one attached hydrogen (secondary N) is 1. The van der Waals surface area contributed by atoms with E-state index in [1.54, 1.807) is 0 Å². The molecule has 0 aromatic carbocycles. The highest BCUT2D eigenvalue weighted by molar-refractivity contribution is 5.84. The van der Waals surface area contributed by atoms with Gasteiger partial charge in [-0.2, -0.15) is 0 Å². The number of nitrogens with zero attached hydrogens (tertiary/aromatic N) is 1. The summed E-state index contributed by atoms with van der Waals surface area (Å²) in [5, 5.41) is 2.92. The van der Waals surface area contributed by atoms with Gasteiger partial charge in [-0.1, -0.05) is 0 Å². The van der Waals surface area contributed by atoms with E-state index >= 15 is 0 Å². The number of hydrogen-bond acceptors (Lipinski definition) is 4. The van der Waals surface area contributed by atoms with Crippen LogP contribution in [0.4, 0.5) is 0 Å². The summed E-state index contributed by atoms with van der Waals surface area (Å²) >= 11 is 0. The fourth-order valence-electron chi connectivity index (χ4n) is 3.03. The Labute approximate surface area is 107 Å². The van der Waals surface area contributed by atoms with Crippen LogP contribution in [-0.2, 0) is 9.59 Å². The van der Waals surface area contributed by atoms with Crippen LogP contribution in [0.1, 0.15) is 32.6 Å². The van der Waals surface area contributed by atoms with Crippen molar-refractivity contribution in [3.05, 3.63) is 0 Å². The molecule has 1 aliphatic heterocycles. The molecule has 0 unspecified atom stereocenters. The minimum atomic E-state index is -0.376. The Hall–Kier alpha value is -1.14. The van der Waals surface area contributed by atoms with E-state index < -0.39 is 0 Å². The third-order valence-corrected chi connectivity index (χ3v) is 3.92. The van der Waals surface area contributed by atoms with Crippen LogP contribution in [0.15, 0.2) is 0 Å². The predicted octanol–water partition coefficient (Wildman–Crippen LogP) is -1.07. The molecule has 18 heavy (non-hydrogen) atoms. The Kier molecular flexibility index (Phi) is 3.87. The normalized spacial score (nSPS) is 36.8. The molecular formula is C12H22N4O2. The van der Waals surface area contributed by atoms with Gasteiger partial charge in [0, 0.05) is 19.5 Å². The molecular weight excluding hydrogens is 232 g/mol. The zero-order valence-electron chi connectivity index (χ0n) is 10.8. The van der Waals surface area contributed by atoms with E-state index in [-0.39, 0.29) is 36.0 Å². The molecule has 5 N–H and O–H groups in total. The van der Waals surface area contributed by atoms with Gasteiger partial charge in [0.05, 0.1) is 18.1 Å². The molecule has 0 aromatic heterocycles. The second-order valence-corrected chi connectivity index (χ2v) is 5.37. The summed E-state index contributed by atoms with van der Waals surface area (Å²) in [6.45, 7) is 2.19. The first-order valence-electron chi connectivity index (χ1n) is 6.57. The van der Waals surface area contributed by atoms with Crippen molar-refractivity contribution < 1.29 is 9.59 Å². The lowest BCUT2D eigenvalue weighted by molar-refractivity contribution is -0.133. The number of carbonyl (C=O) groups excluding carboxylic acids is 2. The summed E-state index contributed by atoms with van der Waals surface area (Å²) < 4.78 is 0. The summed E-state index contributed by atoms with van der Waals surface area (Å²) in [5.41, 5.74) is 11.7. The Balaban J connectivity index is 2.08. The average Bonchev–Trinajstić information content (AvgIpc) is 2.60. The van der Waals surface area contributed by atoms with Gasteiger partial charge in [-0.15, -0.1) is 0 Å². The lowest BCUT2D eigenvalue weighted by Gasteiger charge is -2.40. The van der Waals surface area contributed by atoms with Gasteiger partial charge in [0.25, 0.3) is 0 Å². The second kappa shape index (κ2) is 5.24. The lowest BCUT2D eigenvalue weighted by Crippen LogP contribution is -2.57. The molecule has 1 saturated heterocycles. The summed E-state index contributed by atoms with van der Waals surface area (Å²) in [6, 6.07) is -0.265. The van der Waals surface area contributed by atoms with E-state index in [1.165, 1.54) is 6.92 Å². The average molecular weight is 254 g/mol. The molecule has 102 valence electrons. The summed E-state index contributed by atoms with van der Waals surface area (Å²) in [7, 11) is 0. The molecule has 1 aliphatic carbocycles. The topological polar surface area (TPSA) is 101 Å². The summed E-state index contributed by atoms with van der Waals surface area (Å²) in [5.74, 6) is -0.0686. The fourth-order valence-corrected chi connectivity index (χ4v) is 3.03. The zero-order chi connectivity index (χ0) is 13.3. The molecule has 1 saturated carbocycles. The lowest BCUT2D eigenvalue weighted by atomic mass is 9.86. The number of amides is 2. The third-order valence-electron chi connectivity index (χ3n) is 3.92. The Morgan fingerprint density at radius 2 is 2.06 bits per heavy atom. The minimum absolute atomic E-state index is 0.00539. The molecule has 0 radical (unpaired) electrons. The van der Waals surface area contributed by atoms with Crippen LogP contribution in [0, 0.1) is 0 Å². The first kappa shape index (κ1) is 13.3. The third kappa shape index (κ3) is 2.64. The first-order chi connectivity index (χ1) is 8.49. The van der Waals surface area contributed by atoms with Crippen LogP contribution in [-0.4, -0.2) is 47.4 Å². The maximum absolute atomic E-state index is 12.0. The van der Waals surface area contributed by atoms with Crippen molar-refractivity contribution in [1.29, 1.82) is 0 Å². The van der Waals surface area contributed by atoms with Crippen LogP contribution < -0.4 is 16.8 Å². The van der Waals surface area contributed by atoms with Gasteiger partial charge in [0.1, 0.15) is 0 Å². The van der Waals surface area contributed by atoms with E-state index in [1.807, 2.05) is 4.90 Å². The van der Waals surface area contributed by atoms with Crippen molar-refractivity contribution >= 4 is 11.8 Å². The van der Waals surface area contributed by atoms with Crippen LogP contribution in [0.3, 0.4) is 0 Å². The number of hydrogen-bond donors (Lipinski definition) is 3. The number of likely N-dealkylation sites (tertiary alicyclic amines) is 1. The van der Waals surface area contributed by atoms with Gasteiger partial charge in [-0.3, -0.25) is 9.59 Å². The first-order valence-corrected chi connectivity index (χ1v) is 6.57. The van der Waals surface area contributed by atoms with Gasteiger partial charge in [0.15, 0.2) is 0 Å². The molecule has 2 rings (SSSR count). The standard InChI is InChI=1S/C12H22N4O2/c1-7(17)15-10-6-8(13)2-3-11(10)16-5-4-9(14)12(16)18/h8-11H,2-6,13-14H2,1H3,(H,15,17)/t8-,9+,10-,11+/m1/s1. The summed E-state index contributed by atoms with van der Waals surface area (Å²) in [4.78, 5) is 25.0. The quantitative estimate of drug-likeness (QED) is 0.584. The molecule has 2 amide bonds. The largest absolute Gasteiger partial charge is 0.351 e. The van der Waals surface area contributed by atoms with Crippen molar-refractivity contribution in [2.75, 3.05) is 6.54 Å². The molecule has 4 atom stereocenters. The van der Waals surface area contributed by atoms with Crippen LogP contribution >= 0.6 is 0 Å². The number of carbonyl (C=O) groups is 2. The van der Waals surface area contributed by atoms with Gasteiger partial charge in [-0.25, -0.2) is 0 Å². The van der Waals surface area contributed by atoms with Crippen molar-refractivity contribution in [2.24, 2.45) is 11.5 Å². The molecule has 1 heterocycles. The monoisotopic (exact) mass is 254 g/mol. The number of rotatable bonds is 2. The summed E-state index contributed by atoms with van der Waals surface area (Å²) in [6.07, 6.45) is 3.15. The second-order valence-electron chi connectivity index (χ2n) is 5.37. The molecule has 0 spiro atoms. The van der Waals surface area contributed by atoms with Gasteiger partial charge < -0.3 is 21.7 Å². The van der Waals surface area contributed by atoms with Crippen LogP contribution in [0.2, 0.25) is 0 Å². The maximum atomic E-state index is 12.0. The van der Waals surface area contributed by atoms with Gasteiger partial charge in [-0.05, 0) is 25.7 Å². The Morgan fingerprint density at radius 3 is 2.61 bits per heavy atom. The van der Waals surface area contributed by atoms with E-state index in [9.17, 15) is 9.59 Å². The zero-order valence-corrected chi connectivity index (χ0v) is 10.8. The maximum Gasteiger partial charge on any atom is 0.239 e. The van der Waals surface area contributed by atoms with E-state index in [0.717, 1.165) is 19.3 Å². The van der Waals surface area contributed by atoms with Crippen molar-refractivity contribution in [3.63, 3.8) is 0 Å².